The van der Waals surface area contributed by atoms with Crippen molar-refractivity contribution in [3.63, 3.8) is 0 Å². The molecule has 6 heteroatoms. The number of rotatable bonds is 1. The molecule has 20 heavy (non-hydrogen) atoms. The first-order valence-corrected chi connectivity index (χ1v) is 6.78. The highest BCUT2D eigenvalue weighted by Crippen LogP contribution is 2.24. The Hall–Kier alpha value is -2.21. The molecule has 0 radical (unpaired) electrons. The summed E-state index contributed by atoms with van der Waals surface area (Å²) in [4.78, 5) is 4.59. The SMILES string of the molecule is Cc1nc2ccccn2c1-c1nnc2n1CCOCC2. The molecule has 6 nitrogen and oxygen atoms in total. The fourth-order valence-electron chi connectivity index (χ4n) is 2.73. The number of hydrogen-bond acceptors (Lipinski definition) is 4. The van der Waals surface area contributed by atoms with E-state index in [1.54, 1.807) is 0 Å². The highest BCUT2D eigenvalue weighted by molar-refractivity contribution is 5.61. The van der Waals surface area contributed by atoms with Gasteiger partial charge >= 0.3 is 0 Å². The first kappa shape index (κ1) is 11.6. The molecule has 0 unspecified atom stereocenters. The highest BCUT2D eigenvalue weighted by atomic mass is 16.5. The monoisotopic (exact) mass is 269 g/mol. The average Bonchev–Trinajstić information content (AvgIpc) is 2.89. The second-order valence-electron chi connectivity index (χ2n) is 4.93. The van der Waals surface area contributed by atoms with Crippen LogP contribution in [-0.2, 0) is 17.7 Å². The van der Waals surface area contributed by atoms with Gasteiger partial charge in [-0.2, -0.15) is 0 Å². The lowest BCUT2D eigenvalue weighted by atomic mass is 10.3. The predicted molar refractivity (Wildman–Crippen MR) is 73.5 cm³/mol. The van der Waals surface area contributed by atoms with Crippen molar-refractivity contribution in [1.29, 1.82) is 0 Å². The molecule has 0 fully saturated rings. The predicted octanol–water partition coefficient (Wildman–Crippen LogP) is 1.47. The van der Waals surface area contributed by atoms with Crippen LogP contribution in [0.4, 0.5) is 0 Å². The summed E-state index contributed by atoms with van der Waals surface area (Å²) < 4.78 is 9.73. The summed E-state index contributed by atoms with van der Waals surface area (Å²) in [5.41, 5.74) is 2.92. The number of aryl methyl sites for hydroxylation is 1. The van der Waals surface area contributed by atoms with E-state index in [1.165, 1.54) is 0 Å². The molecule has 102 valence electrons. The van der Waals surface area contributed by atoms with Gasteiger partial charge in [-0.25, -0.2) is 4.98 Å². The van der Waals surface area contributed by atoms with Crippen LogP contribution < -0.4 is 0 Å². The third kappa shape index (κ3) is 1.65. The molecule has 3 aromatic heterocycles. The van der Waals surface area contributed by atoms with Crippen LogP contribution in [0.25, 0.3) is 17.2 Å². The van der Waals surface area contributed by atoms with E-state index in [0.29, 0.717) is 13.2 Å². The smallest absolute Gasteiger partial charge is 0.183 e. The van der Waals surface area contributed by atoms with Crippen molar-refractivity contribution in [2.75, 3.05) is 13.2 Å². The van der Waals surface area contributed by atoms with E-state index in [4.69, 9.17) is 4.74 Å². The molecular weight excluding hydrogens is 254 g/mol. The lowest BCUT2D eigenvalue weighted by Crippen LogP contribution is -2.07. The lowest BCUT2D eigenvalue weighted by Gasteiger charge is -2.07. The molecule has 0 N–H and O–H groups in total. The van der Waals surface area contributed by atoms with Gasteiger partial charge in [0.25, 0.3) is 0 Å². The molecule has 4 heterocycles. The van der Waals surface area contributed by atoms with Crippen molar-refractivity contribution >= 4 is 5.65 Å². The summed E-state index contributed by atoms with van der Waals surface area (Å²) in [6.07, 6.45) is 2.82. The molecule has 0 bridgehead atoms. The molecule has 3 aromatic rings. The number of nitrogens with zero attached hydrogens (tertiary/aromatic N) is 5. The Morgan fingerprint density at radius 2 is 2.15 bits per heavy atom. The van der Waals surface area contributed by atoms with Crippen LogP contribution in [-0.4, -0.2) is 37.4 Å². The number of pyridine rings is 1. The van der Waals surface area contributed by atoms with Crippen LogP contribution in [0.15, 0.2) is 24.4 Å². The Balaban J connectivity index is 1.96. The van der Waals surface area contributed by atoms with Gasteiger partial charge in [-0.15, -0.1) is 10.2 Å². The van der Waals surface area contributed by atoms with Crippen LogP contribution in [0.5, 0.6) is 0 Å². The fraction of sp³-hybridized carbons (Fsp3) is 0.357. The molecule has 0 saturated carbocycles. The van der Waals surface area contributed by atoms with Gasteiger partial charge in [0, 0.05) is 19.2 Å². The number of ether oxygens (including phenoxy) is 1. The number of hydrogen-bond donors (Lipinski definition) is 0. The molecule has 0 atom stereocenters. The van der Waals surface area contributed by atoms with Crippen LogP contribution in [0.3, 0.4) is 0 Å². The topological polar surface area (TPSA) is 57.2 Å². The Morgan fingerprint density at radius 1 is 1.20 bits per heavy atom. The molecule has 0 saturated heterocycles. The summed E-state index contributed by atoms with van der Waals surface area (Å²) in [7, 11) is 0. The summed E-state index contributed by atoms with van der Waals surface area (Å²) in [6, 6.07) is 5.99. The van der Waals surface area contributed by atoms with Crippen molar-refractivity contribution in [2.24, 2.45) is 0 Å². The van der Waals surface area contributed by atoms with Gasteiger partial charge in [0.2, 0.25) is 0 Å². The van der Waals surface area contributed by atoms with E-state index in [9.17, 15) is 0 Å². The highest BCUT2D eigenvalue weighted by Gasteiger charge is 2.20. The van der Waals surface area contributed by atoms with E-state index in [2.05, 4.69) is 24.1 Å². The molecule has 0 aliphatic carbocycles. The van der Waals surface area contributed by atoms with Crippen LogP contribution >= 0.6 is 0 Å². The van der Waals surface area contributed by atoms with E-state index in [1.807, 2.05) is 31.3 Å². The molecular formula is C14H15N5O. The Morgan fingerprint density at radius 3 is 3.10 bits per heavy atom. The first-order chi connectivity index (χ1) is 9.84. The maximum atomic E-state index is 5.51. The minimum atomic E-state index is 0.702. The van der Waals surface area contributed by atoms with Crippen molar-refractivity contribution in [2.45, 2.75) is 19.9 Å². The van der Waals surface area contributed by atoms with Crippen molar-refractivity contribution in [3.8, 4) is 11.5 Å². The van der Waals surface area contributed by atoms with Gasteiger partial charge in [-0.3, -0.25) is 4.40 Å². The van der Waals surface area contributed by atoms with Gasteiger partial charge in [0.1, 0.15) is 17.2 Å². The largest absolute Gasteiger partial charge is 0.379 e. The Labute approximate surface area is 116 Å². The number of imidazole rings is 1. The standard InChI is InChI=1S/C14H15N5O/c1-10-13(18-6-3-2-4-11(18)15-10)14-17-16-12-5-8-20-9-7-19(12)14/h2-4,6H,5,7-9H2,1H3. The third-order valence-electron chi connectivity index (χ3n) is 3.67. The third-order valence-corrected chi connectivity index (χ3v) is 3.67. The van der Waals surface area contributed by atoms with Gasteiger partial charge in [-0.1, -0.05) is 6.07 Å². The van der Waals surface area contributed by atoms with Crippen LogP contribution in [0.1, 0.15) is 11.5 Å². The molecule has 0 aromatic carbocycles. The average molecular weight is 269 g/mol. The number of fused-ring (bicyclic) bond motifs is 2. The summed E-state index contributed by atoms with van der Waals surface area (Å²) in [6.45, 7) is 4.21. The first-order valence-electron chi connectivity index (χ1n) is 6.78. The van der Waals surface area contributed by atoms with Gasteiger partial charge < -0.3 is 9.30 Å². The zero-order valence-electron chi connectivity index (χ0n) is 11.3. The van der Waals surface area contributed by atoms with E-state index in [0.717, 1.165) is 41.6 Å². The minimum absolute atomic E-state index is 0.702. The molecule has 0 amide bonds. The Bertz CT molecular complexity index is 773. The fourth-order valence-corrected chi connectivity index (χ4v) is 2.73. The molecule has 1 aliphatic heterocycles. The van der Waals surface area contributed by atoms with Crippen molar-refractivity contribution < 1.29 is 4.74 Å². The molecule has 4 rings (SSSR count). The van der Waals surface area contributed by atoms with Gasteiger partial charge in [-0.05, 0) is 19.1 Å². The second kappa shape index (κ2) is 4.42. The molecule has 0 spiro atoms. The maximum absolute atomic E-state index is 5.51. The molecule has 1 aliphatic rings. The van der Waals surface area contributed by atoms with E-state index < -0.39 is 0 Å². The van der Waals surface area contributed by atoms with Crippen LogP contribution in [0.2, 0.25) is 0 Å². The normalized spacial score (nSPS) is 15.2. The van der Waals surface area contributed by atoms with Crippen molar-refractivity contribution in [1.82, 2.24) is 24.1 Å². The lowest BCUT2D eigenvalue weighted by molar-refractivity contribution is 0.140. The second-order valence-corrected chi connectivity index (χ2v) is 4.93. The maximum Gasteiger partial charge on any atom is 0.183 e. The summed E-state index contributed by atoms with van der Waals surface area (Å²) in [5.74, 6) is 1.87. The van der Waals surface area contributed by atoms with Gasteiger partial charge in [0.15, 0.2) is 5.82 Å². The summed E-state index contributed by atoms with van der Waals surface area (Å²) >= 11 is 0. The Kier molecular flexibility index (Phi) is 2.56. The van der Waals surface area contributed by atoms with Crippen LogP contribution in [0, 0.1) is 6.92 Å². The number of aromatic nitrogens is 5. The quantitative estimate of drug-likeness (QED) is 0.671. The van der Waals surface area contributed by atoms with Crippen molar-refractivity contribution in [3.05, 3.63) is 35.9 Å². The zero-order chi connectivity index (χ0) is 13.5. The van der Waals surface area contributed by atoms with Gasteiger partial charge in [0.05, 0.1) is 18.9 Å². The van der Waals surface area contributed by atoms with E-state index >= 15 is 0 Å². The zero-order valence-corrected chi connectivity index (χ0v) is 11.3. The summed E-state index contributed by atoms with van der Waals surface area (Å²) in [5, 5.41) is 8.70. The minimum Gasteiger partial charge on any atom is -0.379 e. The van der Waals surface area contributed by atoms with E-state index in [-0.39, 0.29) is 0 Å².